The average molecular weight is 1480 g/mol. The fourth-order valence-corrected chi connectivity index (χ4v) is 13.4. The van der Waals surface area contributed by atoms with Crippen molar-refractivity contribution in [1.82, 2.24) is 73.9 Å². The molecule has 3 aromatic carbocycles. The molecule has 0 fully saturated rings. The first-order valence-corrected chi connectivity index (χ1v) is 33.0. The summed E-state index contributed by atoms with van der Waals surface area (Å²) in [6.07, 6.45) is 0.897. The van der Waals surface area contributed by atoms with Gasteiger partial charge in [0, 0.05) is 112 Å². The Morgan fingerprint density at radius 1 is 0.500 bits per heavy atom. The summed E-state index contributed by atoms with van der Waals surface area (Å²) in [5.41, 5.74) is 7.38. The molecular formula is C63H78Br2ClF3N18O9. The molecule has 0 spiro atoms. The van der Waals surface area contributed by atoms with E-state index in [0.29, 0.717) is 92.7 Å². The molecule has 0 saturated carbocycles. The summed E-state index contributed by atoms with van der Waals surface area (Å²) < 4.78 is 46.1. The molecule has 3 N–H and O–H groups in total. The van der Waals surface area contributed by atoms with E-state index in [1.54, 1.807) is 49.9 Å². The summed E-state index contributed by atoms with van der Waals surface area (Å²) in [6, 6.07) is 11.2. The van der Waals surface area contributed by atoms with Crippen molar-refractivity contribution >= 4 is 96.3 Å². The Kier molecular flexibility index (Phi) is 21.9. The molecule has 0 saturated heterocycles. The van der Waals surface area contributed by atoms with Gasteiger partial charge in [-0.25, -0.2) is 42.7 Å². The standard InChI is InChI=1S/2C21H26BrFN6O3.C21H26ClFN6O3/c3*1-12-7-18-15(11-28(12)21(31)24-13-5-6-17(23)16(22)8-13)19-20(30)27(4)32-14(9-26(2)3)10-29(19)25-18/h3*5-6,8,12,14H,7,9-11H2,1-4H3,(H,24,31)/t12-,14+;12-,14-;12-,14+/m111/s1. The molecule has 96 heavy (non-hydrogen) atoms. The number of nitrogens with one attached hydrogen (secondary N) is 3. The van der Waals surface area contributed by atoms with Gasteiger partial charge in [-0.2, -0.15) is 15.3 Å². The summed E-state index contributed by atoms with van der Waals surface area (Å²) in [6.45, 7) is 9.77. The number of likely N-dealkylation sites (N-methyl/N-ethyl adjacent to an activating group) is 3. The predicted molar refractivity (Wildman–Crippen MR) is 356 cm³/mol. The first-order chi connectivity index (χ1) is 45.4. The van der Waals surface area contributed by atoms with Crippen molar-refractivity contribution in [3.05, 3.63) is 137 Å². The van der Waals surface area contributed by atoms with Gasteiger partial charge in [0.1, 0.15) is 52.8 Å². The third kappa shape index (κ3) is 15.8. The highest BCUT2D eigenvalue weighted by Crippen LogP contribution is 2.34. The lowest BCUT2D eigenvalue weighted by molar-refractivity contribution is -0.152. The molecule has 6 aromatic rings. The molecule has 6 atom stereocenters. The molecule has 9 heterocycles. The van der Waals surface area contributed by atoms with Gasteiger partial charge in [-0.3, -0.25) is 42.9 Å². The summed E-state index contributed by atoms with van der Waals surface area (Å²) in [7, 11) is 16.5. The zero-order chi connectivity index (χ0) is 69.5. The largest absolute Gasteiger partial charge is 0.322 e. The van der Waals surface area contributed by atoms with Crippen LogP contribution in [0.5, 0.6) is 0 Å². The van der Waals surface area contributed by atoms with Crippen molar-refractivity contribution in [2.45, 2.75) is 116 Å². The Balaban J connectivity index is 0.000000157. The van der Waals surface area contributed by atoms with Crippen LogP contribution >= 0.6 is 43.5 Å². The van der Waals surface area contributed by atoms with Crippen LogP contribution in [-0.4, -0.2) is 229 Å². The van der Waals surface area contributed by atoms with Gasteiger partial charge in [0.2, 0.25) is 0 Å². The van der Waals surface area contributed by atoms with Gasteiger partial charge in [0.25, 0.3) is 17.7 Å². The molecule has 0 radical (unpaired) electrons. The molecule has 0 bridgehead atoms. The van der Waals surface area contributed by atoms with Gasteiger partial charge >= 0.3 is 18.1 Å². The van der Waals surface area contributed by atoms with E-state index in [4.69, 9.17) is 41.4 Å². The van der Waals surface area contributed by atoms with E-state index in [0.717, 1.165) is 33.8 Å². The number of fused-ring (bicyclic) bond motifs is 9. The van der Waals surface area contributed by atoms with E-state index in [1.807, 2.05) is 77.8 Å². The molecule has 516 valence electrons. The second-order valence-corrected chi connectivity index (χ2v) is 27.6. The summed E-state index contributed by atoms with van der Waals surface area (Å²) >= 11 is 12.1. The van der Waals surface area contributed by atoms with Crippen molar-refractivity contribution < 1.29 is 56.5 Å². The molecule has 27 nitrogen and oxygen atoms in total. The molecule has 12 rings (SSSR count). The monoisotopic (exact) mass is 1480 g/mol. The Morgan fingerprint density at radius 2 is 0.781 bits per heavy atom. The molecule has 0 unspecified atom stereocenters. The number of anilines is 3. The van der Waals surface area contributed by atoms with Crippen LogP contribution in [-0.2, 0) is 73.0 Å². The number of hydrogen-bond donors (Lipinski definition) is 3. The van der Waals surface area contributed by atoms with E-state index >= 15 is 0 Å². The SMILES string of the molecule is C[C@@H]1Cc2nn3c(c2CN1C(=O)Nc1ccc(F)c(Br)c1)C(=O)N(C)O[C@@H](CN(C)C)C3.C[C@@H]1Cc2nn3c(c2CN1C(=O)Nc1ccc(F)c(Br)c1)C(=O)N(C)O[C@H](CN(C)C)C3.C[C@@H]1Cc2nn3c(c2CN1C(=O)Nc1ccc(F)c(Cl)c1)C(=O)N(C)O[C@@H](CN(C)C)C3. The number of benzene rings is 3. The number of hydroxylamine groups is 6. The quantitative estimate of drug-likeness (QED) is 0.124. The number of halogens is 6. The van der Waals surface area contributed by atoms with Crippen LogP contribution in [0.25, 0.3) is 0 Å². The minimum atomic E-state index is -0.555. The van der Waals surface area contributed by atoms with E-state index in [2.05, 4.69) is 47.8 Å². The van der Waals surface area contributed by atoms with Crippen molar-refractivity contribution in [2.24, 2.45) is 0 Å². The highest BCUT2D eigenvalue weighted by molar-refractivity contribution is 9.10. The van der Waals surface area contributed by atoms with Crippen LogP contribution in [0.3, 0.4) is 0 Å². The number of nitrogens with zero attached hydrogens (tertiary/aromatic N) is 15. The first-order valence-electron chi connectivity index (χ1n) is 31.0. The van der Waals surface area contributed by atoms with Crippen molar-refractivity contribution in [3.63, 3.8) is 0 Å². The van der Waals surface area contributed by atoms with Gasteiger partial charge in [0.15, 0.2) is 0 Å². The average Bonchev–Trinajstić information content (AvgIpc) is 1.61. The Labute approximate surface area is 575 Å². The Hall–Kier alpha value is -7.69. The second kappa shape index (κ2) is 29.6. The molecule has 6 aliphatic rings. The smallest absolute Gasteiger partial charge is 0.317 e. The predicted octanol–water partition coefficient (Wildman–Crippen LogP) is 8.02. The fourth-order valence-electron chi connectivity index (χ4n) is 12.5. The topological polar surface area (TPSA) is 249 Å². The second-order valence-electron chi connectivity index (χ2n) is 25.5. The maximum Gasteiger partial charge on any atom is 0.322 e. The van der Waals surface area contributed by atoms with Crippen LogP contribution in [0, 0.1) is 17.5 Å². The number of carbonyl (C=O) groups is 6. The lowest BCUT2D eigenvalue weighted by Gasteiger charge is -2.33. The van der Waals surface area contributed by atoms with Gasteiger partial charge in [-0.15, -0.1) is 0 Å². The van der Waals surface area contributed by atoms with Crippen LogP contribution in [0.2, 0.25) is 5.02 Å². The van der Waals surface area contributed by atoms with E-state index in [-0.39, 0.29) is 106 Å². The van der Waals surface area contributed by atoms with E-state index in [1.165, 1.54) is 69.8 Å². The van der Waals surface area contributed by atoms with Crippen LogP contribution < -0.4 is 16.0 Å². The van der Waals surface area contributed by atoms with Crippen LogP contribution in [0.15, 0.2) is 63.5 Å². The lowest BCUT2D eigenvalue weighted by atomic mass is 9.99. The molecule has 9 amide bonds. The number of hydrogen-bond acceptors (Lipinski definition) is 15. The maximum atomic E-state index is 13.5. The molecule has 6 aliphatic heterocycles. The third-order valence-corrected chi connectivity index (χ3v) is 18.5. The number of rotatable bonds is 9. The van der Waals surface area contributed by atoms with Crippen LogP contribution in [0.1, 0.15) is 86.0 Å². The first kappa shape index (κ1) is 71.1. The number of amides is 9. The Bertz CT molecular complexity index is 3570. The van der Waals surface area contributed by atoms with Gasteiger partial charge in [-0.05, 0) is 150 Å². The fraction of sp³-hybridized carbons (Fsp3) is 0.476. The summed E-state index contributed by atoms with van der Waals surface area (Å²) in [5, 5.41) is 26.2. The minimum absolute atomic E-state index is 0.0698. The molecule has 0 aliphatic carbocycles. The normalized spacial score (nSPS) is 20.8. The maximum absolute atomic E-state index is 13.5. The van der Waals surface area contributed by atoms with E-state index < -0.39 is 17.5 Å². The van der Waals surface area contributed by atoms with Crippen molar-refractivity contribution in [1.29, 1.82) is 0 Å². The minimum Gasteiger partial charge on any atom is -0.317 e. The van der Waals surface area contributed by atoms with E-state index in [9.17, 15) is 41.9 Å². The zero-order valence-corrected chi connectivity index (χ0v) is 59.2. The Morgan fingerprint density at radius 3 is 1.05 bits per heavy atom. The number of carbonyl (C=O) groups excluding carboxylic acids is 6. The molecular weight excluding hydrogens is 1410 g/mol. The van der Waals surface area contributed by atoms with Gasteiger partial charge < -0.3 is 45.3 Å². The molecule has 3 aromatic heterocycles. The lowest BCUT2D eigenvalue weighted by Crippen LogP contribution is -2.45. The number of aromatic nitrogens is 6. The third-order valence-electron chi connectivity index (χ3n) is 17.0. The highest BCUT2D eigenvalue weighted by Gasteiger charge is 2.42. The summed E-state index contributed by atoms with van der Waals surface area (Å²) in [4.78, 5) is 107. The zero-order valence-electron chi connectivity index (χ0n) is 55.3. The summed E-state index contributed by atoms with van der Waals surface area (Å²) in [5.74, 6) is -2.21. The van der Waals surface area contributed by atoms with Gasteiger partial charge in [0.05, 0.1) is 70.3 Å². The van der Waals surface area contributed by atoms with Crippen molar-refractivity contribution in [2.75, 3.05) is 99.0 Å². The highest BCUT2D eigenvalue weighted by atomic mass is 79.9. The molecule has 33 heteroatoms. The number of urea groups is 3. The van der Waals surface area contributed by atoms with Gasteiger partial charge in [-0.1, -0.05) is 11.6 Å². The van der Waals surface area contributed by atoms with Crippen molar-refractivity contribution in [3.8, 4) is 0 Å². The van der Waals surface area contributed by atoms with Crippen LogP contribution in [0.4, 0.5) is 44.6 Å².